The number of methoxy groups -OCH3 is 1. The molecule has 0 spiro atoms. The predicted octanol–water partition coefficient (Wildman–Crippen LogP) is 2.99. The molecule has 0 radical (unpaired) electrons. The molecule has 5 nitrogen and oxygen atoms in total. The zero-order valence-electron chi connectivity index (χ0n) is 13.0. The molecule has 0 bridgehead atoms. The maximum Gasteiger partial charge on any atom is 0.252 e. The molecule has 1 aliphatic heterocycles. The van der Waals surface area contributed by atoms with E-state index in [4.69, 9.17) is 9.57 Å². The van der Waals surface area contributed by atoms with Crippen LogP contribution in [0.15, 0.2) is 40.2 Å². The molecular formula is C17H18N2O3S. The van der Waals surface area contributed by atoms with Crippen LogP contribution in [-0.2, 0) is 4.84 Å². The Morgan fingerprint density at radius 1 is 1.39 bits per heavy atom. The van der Waals surface area contributed by atoms with E-state index in [9.17, 15) is 4.79 Å². The summed E-state index contributed by atoms with van der Waals surface area (Å²) in [5, 5.41) is 10.9. The highest BCUT2D eigenvalue weighted by atomic mass is 32.1. The molecular weight excluding hydrogens is 312 g/mol. The van der Waals surface area contributed by atoms with Crippen LogP contribution in [0.2, 0.25) is 0 Å². The largest absolute Gasteiger partial charge is 0.497 e. The number of rotatable bonds is 5. The van der Waals surface area contributed by atoms with Gasteiger partial charge in [0.25, 0.3) is 5.91 Å². The molecule has 1 amide bonds. The monoisotopic (exact) mass is 330 g/mol. The van der Waals surface area contributed by atoms with Crippen molar-refractivity contribution in [2.45, 2.75) is 19.4 Å². The van der Waals surface area contributed by atoms with Crippen molar-refractivity contribution in [3.8, 4) is 5.75 Å². The van der Waals surface area contributed by atoms with Gasteiger partial charge in [0.05, 0.1) is 24.9 Å². The molecule has 1 atom stereocenters. The van der Waals surface area contributed by atoms with E-state index in [0.717, 1.165) is 28.2 Å². The number of hydrogen-bond donors (Lipinski definition) is 1. The van der Waals surface area contributed by atoms with E-state index in [2.05, 4.69) is 10.5 Å². The lowest BCUT2D eigenvalue weighted by molar-refractivity contribution is 0.0753. The molecule has 1 aromatic carbocycles. The fourth-order valence-electron chi connectivity index (χ4n) is 2.39. The molecule has 1 aliphatic rings. The number of carbonyl (C=O) groups is 1. The second-order valence-corrected chi connectivity index (χ2v) is 6.12. The molecule has 0 saturated heterocycles. The van der Waals surface area contributed by atoms with Crippen molar-refractivity contribution in [2.75, 3.05) is 13.7 Å². The van der Waals surface area contributed by atoms with Gasteiger partial charge in [0.1, 0.15) is 11.9 Å². The van der Waals surface area contributed by atoms with Crippen LogP contribution in [0.1, 0.15) is 27.9 Å². The first-order valence-electron chi connectivity index (χ1n) is 7.35. The summed E-state index contributed by atoms with van der Waals surface area (Å²) in [5.74, 6) is 0.744. The SMILES string of the molecule is COc1ccc(C2=NOC(CNC(=O)c3cscc3C)C2)cc1. The van der Waals surface area contributed by atoms with E-state index in [0.29, 0.717) is 13.0 Å². The predicted molar refractivity (Wildman–Crippen MR) is 90.4 cm³/mol. The molecule has 0 aliphatic carbocycles. The van der Waals surface area contributed by atoms with Gasteiger partial charge in [-0.05, 0) is 47.7 Å². The summed E-state index contributed by atoms with van der Waals surface area (Å²) >= 11 is 1.53. The van der Waals surface area contributed by atoms with Crippen LogP contribution in [0.3, 0.4) is 0 Å². The number of nitrogens with zero attached hydrogens (tertiary/aromatic N) is 1. The first kappa shape index (κ1) is 15.6. The van der Waals surface area contributed by atoms with Gasteiger partial charge in [0.2, 0.25) is 0 Å². The number of hydrogen-bond acceptors (Lipinski definition) is 5. The Hall–Kier alpha value is -2.34. The average molecular weight is 330 g/mol. The number of nitrogens with one attached hydrogen (secondary N) is 1. The third-order valence-corrected chi connectivity index (χ3v) is 4.61. The van der Waals surface area contributed by atoms with Gasteiger partial charge in [0.15, 0.2) is 0 Å². The van der Waals surface area contributed by atoms with E-state index in [1.807, 2.05) is 41.9 Å². The highest BCUT2D eigenvalue weighted by molar-refractivity contribution is 7.08. The van der Waals surface area contributed by atoms with Crippen molar-refractivity contribution in [1.82, 2.24) is 5.32 Å². The van der Waals surface area contributed by atoms with Crippen LogP contribution in [0, 0.1) is 6.92 Å². The summed E-state index contributed by atoms with van der Waals surface area (Å²) < 4.78 is 5.15. The van der Waals surface area contributed by atoms with Gasteiger partial charge in [-0.3, -0.25) is 4.79 Å². The Morgan fingerprint density at radius 3 is 2.83 bits per heavy atom. The summed E-state index contributed by atoms with van der Waals surface area (Å²) in [4.78, 5) is 17.5. The van der Waals surface area contributed by atoms with E-state index in [-0.39, 0.29) is 12.0 Å². The molecule has 0 fully saturated rings. The second kappa shape index (κ2) is 6.83. The first-order chi connectivity index (χ1) is 11.2. The lowest BCUT2D eigenvalue weighted by Crippen LogP contribution is -2.32. The Morgan fingerprint density at radius 2 is 2.17 bits per heavy atom. The number of aryl methyl sites for hydroxylation is 1. The summed E-state index contributed by atoms with van der Waals surface area (Å²) in [5.41, 5.74) is 3.62. The Labute approximate surface area is 138 Å². The summed E-state index contributed by atoms with van der Waals surface area (Å²) in [6, 6.07) is 7.70. The smallest absolute Gasteiger partial charge is 0.252 e. The third kappa shape index (κ3) is 3.53. The number of carbonyl (C=O) groups excluding carboxylic acids is 1. The first-order valence-corrected chi connectivity index (χ1v) is 8.29. The number of oxime groups is 1. The number of benzene rings is 1. The highest BCUT2D eigenvalue weighted by Crippen LogP contribution is 2.19. The highest BCUT2D eigenvalue weighted by Gasteiger charge is 2.23. The molecule has 2 heterocycles. The van der Waals surface area contributed by atoms with Crippen LogP contribution in [-0.4, -0.2) is 31.4 Å². The van der Waals surface area contributed by atoms with Gasteiger partial charge in [-0.2, -0.15) is 11.3 Å². The molecule has 1 unspecified atom stereocenters. The molecule has 1 N–H and O–H groups in total. The molecule has 120 valence electrons. The van der Waals surface area contributed by atoms with Crippen LogP contribution in [0.4, 0.5) is 0 Å². The minimum Gasteiger partial charge on any atom is -0.497 e. The van der Waals surface area contributed by atoms with E-state index >= 15 is 0 Å². The number of amides is 1. The van der Waals surface area contributed by atoms with Crippen molar-refractivity contribution < 1.29 is 14.4 Å². The summed E-state index contributed by atoms with van der Waals surface area (Å²) in [6.45, 7) is 2.37. The zero-order valence-corrected chi connectivity index (χ0v) is 13.9. The normalized spacial score (nSPS) is 16.6. The van der Waals surface area contributed by atoms with Gasteiger partial charge in [-0.1, -0.05) is 5.16 Å². The molecule has 3 rings (SSSR count). The van der Waals surface area contributed by atoms with Crippen molar-refractivity contribution in [3.63, 3.8) is 0 Å². The van der Waals surface area contributed by atoms with Crippen molar-refractivity contribution >= 4 is 23.0 Å². The Kier molecular flexibility index (Phi) is 4.62. The van der Waals surface area contributed by atoms with Crippen LogP contribution in [0.25, 0.3) is 0 Å². The Balaban J connectivity index is 1.53. The van der Waals surface area contributed by atoms with Crippen LogP contribution < -0.4 is 10.1 Å². The zero-order chi connectivity index (χ0) is 16.2. The lowest BCUT2D eigenvalue weighted by atomic mass is 10.0. The lowest BCUT2D eigenvalue weighted by Gasteiger charge is -2.09. The number of thiophene rings is 1. The van der Waals surface area contributed by atoms with Crippen LogP contribution >= 0.6 is 11.3 Å². The van der Waals surface area contributed by atoms with Gasteiger partial charge in [0, 0.05) is 11.8 Å². The Bertz CT molecular complexity index is 722. The maximum atomic E-state index is 12.1. The van der Waals surface area contributed by atoms with Crippen LogP contribution in [0.5, 0.6) is 5.75 Å². The summed E-state index contributed by atoms with van der Waals surface area (Å²) in [7, 11) is 1.64. The minimum absolute atomic E-state index is 0.0646. The number of ether oxygens (including phenoxy) is 1. The standard InChI is InChI=1S/C17H18N2O3S/c1-11-9-23-10-15(11)17(20)18-8-14-7-16(19-22-14)12-3-5-13(21-2)6-4-12/h3-6,9-10,14H,7-8H2,1-2H3,(H,18,20). The third-order valence-electron chi connectivity index (χ3n) is 3.75. The van der Waals surface area contributed by atoms with E-state index in [1.54, 1.807) is 7.11 Å². The van der Waals surface area contributed by atoms with Crippen molar-refractivity contribution in [1.29, 1.82) is 0 Å². The van der Waals surface area contributed by atoms with Gasteiger partial charge >= 0.3 is 0 Å². The maximum absolute atomic E-state index is 12.1. The molecule has 2 aromatic rings. The molecule has 6 heteroatoms. The van der Waals surface area contributed by atoms with E-state index in [1.165, 1.54) is 11.3 Å². The fourth-order valence-corrected chi connectivity index (χ4v) is 3.21. The fraction of sp³-hybridized carbons (Fsp3) is 0.294. The second-order valence-electron chi connectivity index (χ2n) is 5.38. The molecule has 0 saturated carbocycles. The van der Waals surface area contributed by atoms with Gasteiger partial charge < -0.3 is 14.9 Å². The molecule has 1 aromatic heterocycles. The minimum atomic E-state index is -0.130. The van der Waals surface area contributed by atoms with Gasteiger partial charge in [-0.25, -0.2) is 0 Å². The molecule has 23 heavy (non-hydrogen) atoms. The van der Waals surface area contributed by atoms with Gasteiger partial charge in [-0.15, -0.1) is 0 Å². The van der Waals surface area contributed by atoms with E-state index < -0.39 is 0 Å². The topological polar surface area (TPSA) is 59.9 Å². The summed E-state index contributed by atoms with van der Waals surface area (Å²) in [6.07, 6.45) is 0.546. The van der Waals surface area contributed by atoms with Crippen molar-refractivity contribution in [2.24, 2.45) is 5.16 Å². The quantitative estimate of drug-likeness (QED) is 0.917. The average Bonchev–Trinajstić information content (AvgIpc) is 3.22. The van der Waals surface area contributed by atoms with Crippen molar-refractivity contribution in [3.05, 3.63) is 51.7 Å².